The highest BCUT2D eigenvalue weighted by Crippen LogP contribution is 2.25. The van der Waals surface area contributed by atoms with Crippen molar-refractivity contribution in [1.82, 2.24) is 59.7 Å². The second-order valence-electron chi connectivity index (χ2n) is 20.4. The van der Waals surface area contributed by atoms with E-state index in [1.807, 2.05) is 105 Å². The summed E-state index contributed by atoms with van der Waals surface area (Å²) >= 11 is 0. The van der Waals surface area contributed by atoms with Gasteiger partial charge in [0.2, 0.25) is 17.7 Å². The molecule has 7 aromatic rings. The topological polar surface area (TPSA) is 189 Å². The summed E-state index contributed by atoms with van der Waals surface area (Å²) in [6.45, 7) is 10.2. The Morgan fingerprint density at radius 1 is 0.373 bits per heavy atom. The third-order valence-corrected chi connectivity index (χ3v) is 14.5. The molecule has 6 heterocycles. The summed E-state index contributed by atoms with van der Waals surface area (Å²) in [5.74, 6) is 0.0616. The van der Waals surface area contributed by atoms with Gasteiger partial charge in [-0.05, 0) is 131 Å². The minimum atomic E-state index is 0.0205. The highest BCUT2D eigenvalue weighted by atomic mass is 16.2. The molecule has 3 N–H and O–H groups in total. The van der Waals surface area contributed by atoms with Gasteiger partial charge in [0.25, 0.3) is 0 Å². The summed E-state index contributed by atoms with van der Waals surface area (Å²) < 4.78 is 5.49. The van der Waals surface area contributed by atoms with Gasteiger partial charge in [-0.15, -0.1) is 15.3 Å². The van der Waals surface area contributed by atoms with Crippen LogP contribution in [0.25, 0.3) is 33.8 Å². The first-order valence-electron chi connectivity index (χ1n) is 27.0. The minimum absolute atomic E-state index is 0.0205. The highest BCUT2D eigenvalue weighted by molar-refractivity contribution is 5.92. The number of likely N-dealkylation sites (tertiary alicyclic amines) is 3. The van der Waals surface area contributed by atoms with Gasteiger partial charge in [0, 0.05) is 72.6 Å². The molecule has 18 heteroatoms. The Bertz CT molecular complexity index is 2630. The maximum atomic E-state index is 12.7. The SMILES string of the molecule is O=C(CCN1CCCCC1)Nc1ccc(-c2cn(Cc3cc(Cn4cc(-c5ccc(NC(=O)CCN6CCCCC6)cc5)nn4)cc(Cn4cc(-c5ccc(NC(=O)CCN6CCCCC6)cc5)nn4)c3)nn2)cc1. The zero-order chi connectivity index (χ0) is 51.2. The van der Waals surface area contributed by atoms with E-state index < -0.39 is 0 Å². The maximum Gasteiger partial charge on any atom is 0.225 e. The number of rotatable bonds is 21. The Kier molecular flexibility index (Phi) is 17.2. The maximum absolute atomic E-state index is 12.7. The van der Waals surface area contributed by atoms with Crippen molar-refractivity contribution in [3.05, 3.63) is 126 Å². The zero-order valence-corrected chi connectivity index (χ0v) is 43.0. The first-order valence-corrected chi connectivity index (χ1v) is 27.0. The number of amides is 3. The first kappa shape index (κ1) is 51.1. The monoisotopic (exact) mass is 1010 g/mol. The van der Waals surface area contributed by atoms with Crippen LogP contribution in [0.1, 0.15) is 93.7 Å². The molecule has 0 atom stereocenters. The predicted octanol–water partition coefficient (Wildman–Crippen LogP) is 8.05. The number of benzene rings is 4. The number of nitrogens with one attached hydrogen (secondary N) is 3. The third-order valence-electron chi connectivity index (χ3n) is 14.5. The van der Waals surface area contributed by atoms with E-state index in [1.165, 1.54) is 57.8 Å². The Morgan fingerprint density at radius 3 is 0.907 bits per heavy atom. The molecule has 390 valence electrons. The molecule has 0 saturated carbocycles. The molecule has 4 aromatic carbocycles. The number of hydrogen-bond donors (Lipinski definition) is 3. The number of hydrogen-bond acceptors (Lipinski definition) is 12. The number of carbonyl (C=O) groups excluding carboxylic acids is 3. The van der Waals surface area contributed by atoms with E-state index in [-0.39, 0.29) is 17.7 Å². The normalized spacial score (nSPS) is 15.7. The standard InChI is InChI=1S/C57H69N15O3/c73-55(22-31-67-25-4-1-5-26-67)58-49-16-10-46(11-17-49)52-40-70(64-61-52)37-43-34-44(38-71-41-53(62-65-71)47-12-18-50(19-13-47)59-56(74)23-32-68-27-6-2-7-28-68)36-45(35-43)39-72-42-54(63-66-72)48-14-20-51(21-15-48)60-57(75)24-33-69-29-8-3-9-30-69/h10-21,34-36,40-42H,1-9,22-33,37-39H2,(H,58,73)(H,59,74)(H,60,75). The fourth-order valence-electron chi connectivity index (χ4n) is 10.4. The lowest BCUT2D eigenvalue weighted by Gasteiger charge is -2.25. The van der Waals surface area contributed by atoms with Crippen LogP contribution in [0.15, 0.2) is 110 Å². The number of anilines is 3. The molecule has 0 unspecified atom stereocenters. The van der Waals surface area contributed by atoms with Crippen molar-refractivity contribution in [1.29, 1.82) is 0 Å². The van der Waals surface area contributed by atoms with Gasteiger partial charge in [-0.3, -0.25) is 14.4 Å². The van der Waals surface area contributed by atoms with Crippen LogP contribution in [0.3, 0.4) is 0 Å². The van der Waals surface area contributed by atoms with Crippen LogP contribution in [0.2, 0.25) is 0 Å². The predicted molar refractivity (Wildman–Crippen MR) is 291 cm³/mol. The Labute approximate surface area is 438 Å². The fraction of sp³-hybridized carbons (Fsp3) is 0.421. The first-order chi connectivity index (χ1) is 36.8. The van der Waals surface area contributed by atoms with Gasteiger partial charge in [-0.1, -0.05) is 89.5 Å². The molecule has 0 radical (unpaired) electrons. The molecule has 0 bridgehead atoms. The van der Waals surface area contributed by atoms with Crippen molar-refractivity contribution in [3.63, 3.8) is 0 Å². The summed E-state index contributed by atoms with van der Waals surface area (Å²) in [7, 11) is 0. The summed E-state index contributed by atoms with van der Waals surface area (Å²) in [6, 6.07) is 29.7. The smallest absolute Gasteiger partial charge is 0.225 e. The van der Waals surface area contributed by atoms with Crippen molar-refractivity contribution in [3.8, 4) is 33.8 Å². The van der Waals surface area contributed by atoms with Crippen LogP contribution in [0.5, 0.6) is 0 Å². The van der Waals surface area contributed by atoms with Crippen molar-refractivity contribution >= 4 is 34.8 Å². The van der Waals surface area contributed by atoms with Crippen LogP contribution in [0.4, 0.5) is 17.1 Å². The molecular formula is C57H69N15O3. The van der Waals surface area contributed by atoms with E-state index >= 15 is 0 Å². The highest BCUT2D eigenvalue weighted by Gasteiger charge is 2.17. The zero-order valence-electron chi connectivity index (χ0n) is 43.0. The molecule has 3 fully saturated rings. The fourth-order valence-corrected chi connectivity index (χ4v) is 10.4. The Balaban J connectivity index is 0.799. The molecule has 75 heavy (non-hydrogen) atoms. The quantitative estimate of drug-likeness (QED) is 0.0630. The average Bonchev–Trinajstić information content (AvgIpc) is 4.23. The number of aromatic nitrogens is 9. The summed E-state index contributed by atoms with van der Waals surface area (Å²) in [5, 5.41) is 36.2. The molecule has 3 saturated heterocycles. The van der Waals surface area contributed by atoms with E-state index in [9.17, 15) is 14.4 Å². The van der Waals surface area contributed by atoms with Gasteiger partial charge in [0.15, 0.2) is 0 Å². The van der Waals surface area contributed by atoms with E-state index in [2.05, 4.69) is 79.8 Å². The van der Waals surface area contributed by atoms with Crippen LogP contribution in [0, 0.1) is 0 Å². The largest absolute Gasteiger partial charge is 0.326 e. The average molecular weight is 1010 g/mol. The molecule has 0 spiro atoms. The Morgan fingerprint density at radius 2 is 0.640 bits per heavy atom. The molecule has 3 aliphatic heterocycles. The van der Waals surface area contributed by atoms with Gasteiger partial charge in [-0.2, -0.15) is 0 Å². The third kappa shape index (κ3) is 14.9. The lowest BCUT2D eigenvalue weighted by Crippen LogP contribution is -2.32. The molecular weight excluding hydrogens is 943 g/mol. The van der Waals surface area contributed by atoms with Crippen LogP contribution < -0.4 is 16.0 Å². The molecule has 3 aliphatic rings. The van der Waals surface area contributed by atoms with Gasteiger partial charge in [-0.25, -0.2) is 14.0 Å². The van der Waals surface area contributed by atoms with Gasteiger partial charge >= 0.3 is 0 Å². The molecule has 3 amide bonds. The van der Waals surface area contributed by atoms with E-state index in [0.29, 0.717) is 38.9 Å². The van der Waals surface area contributed by atoms with Gasteiger partial charge in [0.05, 0.1) is 38.2 Å². The van der Waals surface area contributed by atoms with Crippen molar-refractivity contribution in [2.24, 2.45) is 0 Å². The lowest BCUT2D eigenvalue weighted by molar-refractivity contribution is -0.117. The second kappa shape index (κ2) is 25.2. The van der Waals surface area contributed by atoms with Crippen molar-refractivity contribution in [2.45, 2.75) is 96.7 Å². The second-order valence-corrected chi connectivity index (χ2v) is 20.4. The van der Waals surface area contributed by atoms with E-state index in [1.54, 1.807) is 0 Å². The van der Waals surface area contributed by atoms with Gasteiger partial charge in [0.1, 0.15) is 17.1 Å². The van der Waals surface area contributed by atoms with Crippen LogP contribution in [-0.4, -0.2) is 136 Å². The molecule has 0 aliphatic carbocycles. The molecule has 18 nitrogen and oxygen atoms in total. The van der Waals surface area contributed by atoms with Crippen molar-refractivity contribution in [2.75, 3.05) is 74.9 Å². The summed E-state index contributed by atoms with van der Waals surface area (Å²) in [5.41, 5.74) is 10.2. The summed E-state index contributed by atoms with van der Waals surface area (Å²) in [4.78, 5) is 45.3. The van der Waals surface area contributed by atoms with E-state index in [4.69, 9.17) is 0 Å². The van der Waals surface area contributed by atoms with Crippen LogP contribution in [-0.2, 0) is 34.0 Å². The number of nitrogens with zero attached hydrogens (tertiary/aromatic N) is 12. The minimum Gasteiger partial charge on any atom is -0.326 e. The van der Waals surface area contributed by atoms with Gasteiger partial charge < -0.3 is 30.7 Å². The Hall–Kier alpha value is -7.41. The van der Waals surface area contributed by atoms with Crippen LogP contribution >= 0.6 is 0 Å². The molecule has 3 aromatic heterocycles. The summed E-state index contributed by atoms with van der Waals surface area (Å²) in [6.07, 6.45) is 18.3. The number of piperidine rings is 3. The van der Waals surface area contributed by atoms with E-state index in [0.717, 1.165) is 126 Å². The van der Waals surface area contributed by atoms with Crippen molar-refractivity contribution < 1.29 is 14.4 Å². The number of carbonyl (C=O) groups is 3. The lowest BCUT2D eigenvalue weighted by atomic mass is 10.0. The molecule has 10 rings (SSSR count).